The van der Waals surface area contributed by atoms with E-state index in [4.69, 9.17) is 0 Å². The highest BCUT2D eigenvalue weighted by Gasteiger charge is 2.23. The fourth-order valence-electron chi connectivity index (χ4n) is 4.03. The molecule has 0 aliphatic heterocycles. The van der Waals surface area contributed by atoms with Gasteiger partial charge in [0.05, 0.1) is 5.75 Å². The lowest BCUT2D eigenvalue weighted by Gasteiger charge is -2.29. The quantitative estimate of drug-likeness (QED) is 0.566. The van der Waals surface area contributed by atoms with Crippen LogP contribution in [0.25, 0.3) is 5.69 Å². The Labute approximate surface area is 182 Å². The minimum atomic E-state index is 0.0750. The summed E-state index contributed by atoms with van der Waals surface area (Å²) in [7, 11) is 0. The van der Waals surface area contributed by atoms with Crippen LogP contribution in [0, 0.1) is 5.92 Å². The first-order valence-electron chi connectivity index (χ1n) is 10.7. The van der Waals surface area contributed by atoms with Gasteiger partial charge in [-0.05, 0) is 36.5 Å². The molecule has 0 spiro atoms. The lowest BCUT2D eigenvalue weighted by Crippen LogP contribution is -2.41. The van der Waals surface area contributed by atoms with Crippen molar-refractivity contribution in [3.8, 4) is 5.69 Å². The topological polar surface area (TPSA) is 59.8 Å². The van der Waals surface area contributed by atoms with Crippen LogP contribution in [0.3, 0.4) is 0 Å². The van der Waals surface area contributed by atoms with E-state index in [0.29, 0.717) is 24.1 Å². The normalized spacial score (nSPS) is 18.8. The first-order valence-corrected chi connectivity index (χ1v) is 11.6. The molecule has 1 fully saturated rings. The van der Waals surface area contributed by atoms with Gasteiger partial charge in [0.15, 0.2) is 5.16 Å². The van der Waals surface area contributed by atoms with Gasteiger partial charge in [-0.3, -0.25) is 9.36 Å². The lowest BCUT2D eigenvalue weighted by molar-refractivity contribution is -0.119. The van der Waals surface area contributed by atoms with E-state index in [1.807, 2.05) is 48.5 Å². The van der Waals surface area contributed by atoms with E-state index in [1.54, 1.807) is 0 Å². The van der Waals surface area contributed by atoms with E-state index in [1.165, 1.54) is 36.6 Å². The van der Waals surface area contributed by atoms with Gasteiger partial charge in [0.25, 0.3) is 0 Å². The molecule has 5 nitrogen and oxygen atoms in total. The number of amides is 1. The molecule has 1 N–H and O–H groups in total. The Hall–Kier alpha value is -2.60. The fraction of sp³-hybridized carbons (Fsp3) is 0.375. The smallest absolute Gasteiger partial charge is 0.230 e. The van der Waals surface area contributed by atoms with Crippen LogP contribution in [0.1, 0.15) is 44.0 Å². The van der Waals surface area contributed by atoms with Crippen molar-refractivity contribution in [3.05, 3.63) is 72.1 Å². The van der Waals surface area contributed by atoms with E-state index in [-0.39, 0.29) is 5.91 Å². The van der Waals surface area contributed by atoms with Crippen LogP contribution < -0.4 is 5.32 Å². The van der Waals surface area contributed by atoms with Crippen LogP contribution in [0.5, 0.6) is 0 Å². The highest BCUT2D eigenvalue weighted by Crippen LogP contribution is 2.25. The van der Waals surface area contributed by atoms with Crippen molar-refractivity contribution in [2.24, 2.45) is 5.92 Å². The summed E-state index contributed by atoms with van der Waals surface area (Å²) >= 11 is 1.45. The van der Waals surface area contributed by atoms with Gasteiger partial charge in [0.1, 0.15) is 5.82 Å². The molecule has 1 aliphatic carbocycles. The van der Waals surface area contributed by atoms with Gasteiger partial charge < -0.3 is 5.32 Å². The van der Waals surface area contributed by atoms with Crippen molar-refractivity contribution in [2.75, 3.05) is 5.75 Å². The average molecular weight is 421 g/mol. The van der Waals surface area contributed by atoms with Crippen LogP contribution in [0.2, 0.25) is 0 Å². The maximum absolute atomic E-state index is 12.6. The summed E-state index contributed by atoms with van der Waals surface area (Å²) in [5.74, 6) is 1.85. The largest absolute Gasteiger partial charge is 0.352 e. The summed E-state index contributed by atoms with van der Waals surface area (Å²) in [6, 6.07) is 20.7. The zero-order chi connectivity index (χ0) is 20.8. The second-order valence-corrected chi connectivity index (χ2v) is 8.90. The van der Waals surface area contributed by atoms with Crippen molar-refractivity contribution in [1.29, 1.82) is 0 Å². The SMILES string of the molecule is C[C@@H]1CCCC[C@H]1NC(=O)CSc1nnc(Cc2ccccc2)n1-c1ccccc1. The van der Waals surface area contributed by atoms with Crippen LogP contribution >= 0.6 is 11.8 Å². The zero-order valence-corrected chi connectivity index (χ0v) is 18.1. The first-order chi connectivity index (χ1) is 14.7. The molecule has 156 valence electrons. The third-order valence-electron chi connectivity index (χ3n) is 5.71. The number of rotatable bonds is 7. The minimum absolute atomic E-state index is 0.0750. The summed E-state index contributed by atoms with van der Waals surface area (Å²) in [5, 5.41) is 12.8. The van der Waals surface area contributed by atoms with Gasteiger partial charge in [0.2, 0.25) is 5.91 Å². The maximum atomic E-state index is 12.6. The van der Waals surface area contributed by atoms with Crippen molar-refractivity contribution < 1.29 is 4.79 Å². The molecule has 1 saturated carbocycles. The third-order valence-corrected chi connectivity index (χ3v) is 6.64. The number of hydrogen-bond acceptors (Lipinski definition) is 4. The molecule has 6 heteroatoms. The molecule has 1 amide bonds. The predicted molar refractivity (Wildman–Crippen MR) is 121 cm³/mol. The highest BCUT2D eigenvalue weighted by molar-refractivity contribution is 7.99. The maximum Gasteiger partial charge on any atom is 0.230 e. The molecular weight excluding hydrogens is 392 g/mol. The molecule has 4 rings (SSSR count). The van der Waals surface area contributed by atoms with Gasteiger partial charge in [-0.25, -0.2) is 0 Å². The molecule has 1 aromatic heterocycles. The van der Waals surface area contributed by atoms with Gasteiger partial charge in [-0.1, -0.05) is 80.1 Å². The van der Waals surface area contributed by atoms with E-state index in [2.05, 4.69) is 39.1 Å². The van der Waals surface area contributed by atoms with Gasteiger partial charge in [0, 0.05) is 18.2 Å². The second-order valence-electron chi connectivity index (χ2n) is 7.96. The van der Waals surface area contributed by atoms with Crippen molar-refractivity contribution >= 4 is 17.7 Å². The predicted octanol–water partition coefficient (Wildman–Crippen LogP) is 4.65. The summed E-state index contributed by atoms with van der Waals surface area (Å²) in [6.45, 7) is 2.24. The Balaban J connectivity index is 1.49. The number of benzene rings is 2. The standard InChI is InChI=1S/C24H28N4OS/c1-18-10-8-9-15-21(18)25-23(29)17-30-24-27-26-22(16-19-11-4-2-5-12-19)28(24)20-13-6-3-7-14-20/h2-7,11-14,18,21H,8-10,15-17H2,1H3,(H,25,29)/t18-,21-/m1/s1. The second kappa shape index (κ2) is 9.94. The Morgan fingerprint density at radius 1 is 1.03 bits per heavy atom. The molecule has 3 aromatic rings. The Bertz CT molecular complexity index is 958. The van der Waals surface area contributed by atoms with E-state index in [9.17, 15) is 4.79 Å². The third kappa shape index (κ3) is 5.11. The minimum Gasteiger partial charge on any atom is -0.352 e. The molecular formula is C24H28N4OS. The number of aromatic nitrogens is 3. The van der Waals surface area contributed by atoms with Gasteiger partial charge >= 0.3 is 0 Å². The van der Waals surface area contributed by atoms with Crippen molar-refractivity contribution in [2.45, 2.75) is 50.2 Å². The molecule has 30 heavy (non-hydrogen) atoms. The van der Waals surface area contributed by atoms with E-state index < -0.39 is 0 Å². The summed E-state index contributed by atoms with van der Waals surface area (Å²) < 4.78 is 2.06. The molecule has 0 saturated heterocycles. The molecule has 0 unspecified atom stereocenters. The van der Waals surface area contributed by atoms with Crippen molar-refractivity contribution in [3.63, 3.8) is 0 Å². The number of nitrogens with zero attached hydrogens (tertiary/aromatic N) is 3. The number of hydrogen-bond donors (Lipinski definition) is 1. The molecule has 2 aromatic carbocycles. The van der Waals surface area contributed by atoms with Crippen LogP contribution in [0.4, 0.5) is 0 Å². The van der Waals surface area contributed by atoms with Crippen molar-refractivity contribution in [1.82, 2.24) is 20.1 Å². The molecule has 0 radical (unpaired) electrons. The summed E-state index contributed by atoms with van der Waals surface area (Å²) in [5.41, 5.74) is 2.19. The lowest BCUT2D eigenvalue weighted by atomic mass is 9.86. The van der Waals surface area contributed by atoms with Crippen LogP contribution in [0.15, 0.2) is 65.8 Å². The first kappa shape index (κ1) is 20.7. The molecule has 2 atom stereocenters. The van der Waals surface area contributed by atoms with Gasteiger partial charge in [-0.2, -0.15) is 0 Å². The number of nitrogens with one attached hydrogen (secondary N) is 1. The van der Waals surface area contributed by atoms with Crippen LogP contribution in [-0.2, 0) is 11.2 Å². The number of carbonyl (C=O) groups is 1. The van der Waals surface area contributed by atoms with Gasteiger partial charge in [-0.15, -0.1) is 10.2 Å². The summed E-state index contributed by atoms with van der Waals surface area (Å²) in [6.07, 6.45) is 5.44. The molecule has 0 bridgehead atoms. The van der Waals surface area contributed by atoms with Crippen LogP contribution in [-0.4, -0.2) is 32.5 Å². The van der Waals surface area contributed by atoms with E-state index in [0.717, 1.165) is 23.1 Å². The average Bonchev–Trinajstić information content (AvgIpc) is 3.17. The fourth-order valence-corrected chi connectivity index (χ4v) is 4.81. The number of thioether (sulfide) groups is 1. The summed E-state index contributed by atoms with van der Waals surface area (Å²) in [4.78, 5) is 12.6. The highest BCUT2D eigenvalue weighted by atomic mass is 32.2. The zero-order valence-electron chi connectivity index (χ0n) is 17.3. The molecule has 1 aliphatic rings. The number of para-hydroxylation sites is 1. The molecule has 1 heterocycles. The van der Waals surface area contributed by atoms with E-state index >= 15 is 0 Å². The Kier molecular flexibility index (Phi) is 6.84. The Morgan fingerprint density at radius 2 is 1.73 bits per heavy atom. The Morgan fingerprint density at radius 3 is 2.47 bits per heavy atom. The monoisotopic (exact) mass is 420 g/mol. The number of carbonyl (C=O) groups excluding carboxylic acids is 1.